The number of hydrogen-bond acceptors (Lipinski definition) is 7. The maximum Gasteiger partial charge on any atom is 0.335 e. The molecule has 34 heavy (non-hydrogen) atoms. The fourth-order valence-electron chi connectivity index (χ4n) is 4.13. The number of aromatic carboxylic acids is 1. The molecule has 174 valence electrons. The normalized spacial score (nSPS) is 14.9. The van der Waals surface area contributed by atoms with Crippen LogP contribution in [0.1, 0.15) is 28.6 Å². The van der Waals surface area contributed by atoms with Crippen molar-refractivity contribution in [3.05, 3.63) is 83.9 Å². The number of benzene rings is 2. The van der Waals surface area contributed by atoms with E-state index in [1.165, 1.54) is 0 Å². The van der Waals surface area contributed by atoms with Crippen LogP contribution in [0.2, 0.25) is 0 Å². The molecule has 0 unspecified atom stereocenters. The van der Waals surface area contributed by atoms with Gasteiger partial charge in [0.1, 0.15) is 0 Å². The zero-order valence-corrected chi connectivity index (χ0v) is 18.9. The predicted octanol–water partition coefficient (Wildman–Crippen LogP) is 5.09. The summed E-state index contributed by atoms with van der Waals surface area (Å²) in [6, 6.07) is 16.4. The molecule has 1 fully saturated rings. The molecule has 2 aromatic carbocycles. The Bertz CT molecular complexity index is 1310. The second kappa shape index (κ2) is 8.81. The van der Waals surface area contributed by atoms with E-state index in [1.807, 2.05) is 37.3 Å². The Balaban J connectivity index is 1.66. The van der Waals surface area contributed by atoms with Crippen LogP contribution in [0.15, 0.2) is 71.4 Å². The second-order valence-corrected chi connectivity index (χ2v) is 8.08. The Hall–Kier alpha value is -3.88. The van der Waals surface area contributed by atoms with Gasteiger partial charge in [0, 0.05) is 30.0 Å². The molecule has 2 aromatic heterocycles. The SMILES string of the molecule is COc1ccc(N(Cc2cccnc2)c2ccc(C(=O)O)cc2)c2cc(C3(C)OCCO3)oc12. The van der Waals surface area contributed by atoms with Crippen molar-refractivity contribution in [3.63, 3.8) is 0 Å². The minimum atomic E-state index is -0.974. The van der Waals surface area contributed by atoms with Crippen molar-refractivity contribution in [3.8, 4) is 5.75 Å². The Morgan fingerprint density at radius 2 is 1.91 bits per heavy atom. The van der Waals surface area contributed by atoms with Crippen molar-refractivity contribution >= 4 is 28.3 Å². The summed E-state index contributed by atoms with van der Waals surface area (Å²) in [4.78, 5) is 17.7. The molecule has 0 saturated carbocycles. The lowest BCUT2D eigenvalue weighted by molar-refractivity contribution is -0.162. The Morgan fingerprint density at radius 1 is 1.15 bits per heavy atom. The molecule has 8 heteroatoms. The number of fused-ring (bicyclic) bond motifs is 1. The number of anilines is 2. The van der Waals surface area contributed by atoms with Gasteiger partial charge in [0.15, 0.2) is 17.1 Å². The zero-order chi connectivity index (χ0) is 23.7. The third-order valence-electron chi connectivity index (χ3n) is 5.91. The van der Waals surface area contributed by atoms with Crippen LogP contribution in [0, 0.1) is 0 Å². The molecule has 0 spiro atoms. The smallest absolute Gasteiger partial charge is 0.335 e. The molecule has 0 aliphatic carbocycles. The third-order valence-corrected chi connectivity index (χ3v) is 5.91. The third kappa shape index (κ3) is 3.98. The molecule has 1 saturated heterocycles. The van der Waals surface area contributed by atoms with E-state index >= 15 is 0 Å². The van der Waals surface area contributed by atoms with E-state index in [2.05, 4.69) is 9.88 Å². The average molecular weight is 460 g/mol. The molecule has 1 aliphatic rings. The van der Waals surface area contributed by atoms with Crippen LogP contribution in [0.3, 0.4) is 0 Å². The quantitative estimate of drug-likeness (QED) is 0.407. The van der Waals surface area contributed by atoms with E-state index < -0.39 is 11.8 Å². The molecular weight excluding hydrogens is 436 g/mol. The minimum Gasteiger partial charge on any atom is -0.493 e. The molecule has 4 aromatic rings. The van der Waals surface area contributed by atoms with Gasteiger partial charge in [-0.15, -0.1) is 0 Å². The van der Waals surface area contributed by atoms with E-state index in [4.69, 9.17) is 18.6 Å². The Kier molecular flexibility index (Phi) is 5.69. The molecule has 0 radical (unpaired) electrons. The summed E-state index contributed by atoms with van der Waals surface area (Å²) < 4.78 is 23.4. The number of furan rings is 1. The first kappa shape index (κ1) is 21.9. The van der Waals surface area contributed by atoms with Crippen LogP contribution in [-0.4, -0.2) is 36.4 Å². The van der Waals surface area contributed by atoms with E-state index in [0.29, 0.717) is 36.9 Å². The van der Waals surface area contributed by atoms with Crippen LogP contribution in [0.4, 0.5) is 11.4 Å². The highest BCUT2D eigenvalue weighted by Crippen LogP contribution is 2.43. The number of rotatable bonds is 7. The fourth-order valence-corrected chi connectivity index (χ4v) is 4.13. The van der Waals surface area contributed by atoms with Crippen molar-refractivity contribution < 1.29 is 28.5 Å². The van der Waals surface area contributed by atoms with Crippen LogP contribution in [-0.2, 0) is 21.8 Å². The average Bonchev–Trinajstić information content (AvgIpc) is 3.51. The number of carbonyl (C=O) groups is 1. The summed E-state index contributed by atoms with van der Waals surface area (Å²) in [5.74, 6) is -0.803. The Morgan fingerprint density at radius 3 is 2.56 bits per heavy atom. The van der Waals surface area contributed by atoms with Gasteiger partial charge < -0.3 is 28.6 Å². The van der Waals surface area contributed by atoms with Gasteiger partial charge in [0.05, 0.1) is 31.6 Å². The molecule has 0 atom stereocenters. The van der Waals surface area contributed by atoms with Crippen LogP contribution in [0.25, 0.3) is 11.0 Å². The first-order chi connectivity index (χ1) is 16.5. The highest BCUT2D eigenvalue weighted by Gasteiger charge is 2.37. The number of methoxy groups -OCH3 is 1. The molecule has 0 amide bonds. The van der Waals surface area contributed by atoms with Gasteiger partial charge in [-0.25, -0.2) is 4.79 Å². The molecule has 5 rings (SSSR count). The fraction of sp³-hybridized carbons (Fsp3) is 0.231. The maximum absolute atomic E-state index is 11.4. The zero-order valence-electron chi connectivity index (χ0n) is 18.9. The predicted molar refractivity (Wildman–Crippen MR) is 126 cm³/mol. The largest absolute Gasteiger partial charge is 0.493 e. The molecule has 8 nitrogen and oxygen atoms in total. The molecule has 3 heterocycles. The van der Waals surface area contributed by atoms with Gasteiger partial charge >= 0.3 is 5.97 Å². The Labute approximate surface area is 196 Å². The number of carboxylic acids is 1. The van der Waals surface area contributed by atoms with Crippen molar-refractivity contribution in [1.82, 2.24) is 4.98 Å². The van der Waals surface area contributed by atoms with Gasteiger partial charge in [0.25, 0.3) is 0 Å². The number of ether oxygens (including phenoxy) is 3. The standard InChI is InChI=1S/C26H24N2O6/c1-26(32-12-13-33-26)23-14-20-21(9-10-22(31-2)24(20)34-23)28(16-17-4-3-11-27-15-17)19-7-5-18(6-8-19)25(29)30/h3-11,14-15H,12-13,16H2,1-2H3,(H,29,30). The van der Waals surface area contributed by atoms with Crippen LogP contribution in [0.5, 0.6) is 5.75 Å². The maximum atomic E-state index is 11.4. The summed E-state index contributed by atoms with van der Waals surface area (Å²) >= 11 is 0. The first-order valence-corrected chi connectivity index (χ1v) is 10.9. The number of hydrogen-bond donors (Lipinski definition) is 1. The highest BCUT2D eigenvalue weighted by molar-refractivity contribution is 5.97. The van der Waals surface area contributed by atoms with E-state index in [0.717, 1.165) is 22.3 Å². The molecule has 1 aliphatic heterocycles. The summed E-state index contributed by atoms with van der Waals surface area (Å²) in [5, 5.41) is 10.1. The van der Waals surface area contributed by atoms with Crippen molar-refractivity contribution in [2.75, 3.05) is 25.2 Å². The van der Waals surface area contributed by atoms with Crippen molar-refractivity contribution in [2.24, 2.45) is 0 Å². The van der Waals surface area contributed by atoms with Gasteiger partial charge in [-0.3, -0.25) is 4.98 Å². The lowest BCUT2D eigenvalue weighted by atomic mass is 10.1. The summed E-state index contributed by atoms with van der Waals surface area (Å²) in [7, 11) is 1.60. The lowest BCUT2D eigenvalue weighted by Gasteiger charge is -2.26. The van der Waals surface area contributed by atoms with Crippen molar-refractivity contribution in [2.45, 2.75) is 19.3 Å². The lowest BCUT2D eigenvalue weighted by Crippen LogP contribution is -2.21. The minimum absolute atomic E-state index is 0.221. The van der Waals surface area contributed by atoms with E-state index in [9.17, 15) is 9.90 Å². The summed E-state index contributed by atoms with van der Waals surface area (Å²) in [6.45, 7) is 3.32. The number of pyridine rings is 1. The molecular formula is C26H24N2O6. The van der Waals surface area contributed by atoms with E-state index in [1.54, 1.807) is 43.8 Å². The van der Waals surface area contributed by atoms with Gasteiger partial charge in [-0.2, -0.15) is 0 Å². The molecule has 0 bridgehead atoms. The van der Waals surface area contributed by atoms with Crippen LogP contribution >= 0.6 is 0 Å². The number of carboxylic acid groups (broad SMARTS) is 1. The monoisotopic (exact) mass is 460 g/mol. The first-order valence-electron chi connectivity index (χ1n) is 10.9. The summed E-state index contributed by atoms with van der Waals surface area (Å²) in [5.41, 5.74) is 3.47. The second-order valence-electron chi connectivity index (χ2n) is 8.08. The van der Waals surface area contributed by atoms with Gasteiger partial charge in [0.2, 0.25) is 5.79 Å². The summed E-state index contributed by atoms with van der Waals surface area (Å²) in [6.07, 6.45) is 3.53. The van der Waals surface area contributed by atoms with Gasteiger partial charge in [-0.1, -0.05) is 6.07 Å². The van der Waals surface area contributed by atoms with Crippen LogP contribution < -0.4 is 9.64 Å². The number of aromatic nitrogens is 1. The topological polar surface area (TPSA) is 94.3 Å². The van der Waals surface area contributed by atoms with E-state index in [-0.39, 0.29) is 5.56 Å². The molecule has 1 N–H and O–H groups in total. The van der Waals surface area contributed by atoms with Crippen molar-refractivity contribution in [1.29, 1.82) is 0 Å². The highest BCUT2D eigenvalue weighted by atomic mass is 16.7. The van der Waals surface area contributed by atoms with Gasteiger partial charge in [-0.05, 0) is 61.0 Å². The number of nitrogens with zero attached hydrogens (tertiary/aromatic N) is 2.